The van der Waals surface area contributed by atoms with Crippen molar-refractivity contribution in [2.45, 2.75) is 32.7 Å². The van der Waals surface area contributed by atoms with Gasteiger partial charge in [-0.25, -0.2) is 0 Å². The molecule has 1 heterocycles. The number of piperidine rings is 1. The summed E-state index contributed by atoms with van der Waals surface area (Å²) in [6.45, 7) is 6.23. The SMILES string of the molecule is CN1CCC(NC(=O)C(C)(C)COc2ccc(Cl)cc2)CC1. The van der Waals surface area contributed by atoms with Crippen LogP contribution in [-0.4, -0.2) is 43.6 Å². The third-order valence-electron chi connectivity index (χ3n) is 4.08. The summed E-state index contributed by atoms with van der Waals surface area (Å²) in [6, 6.07) is 7.46. The van der Waals surface area contributed by atoms with Crippen LogP contribution in [0.5, 0.6) is 5.75 Å². The molecule has 1 saturated heterocycles. The van der Waals surface area contributed by atoms with E-state index in [2.05, 4.69) is 17.3 Å². The summed E-state index contributed by atoms with van der Waals surface area (Å²) in [6.07, 6.45) is 2.02. The Morgan fingerprint density at radius 2 is 1.91 bits per heavy atom. The van der Waals surface area contributed by atoms with E-state index in [9.17, 15) is 4.79 Å². The number of hydrogen-bond acceptors (Lipinski definition) is 3. The highest BCUT2D eigenvalue weighted by Gasteiger charge is 2.31. The molecule has 2 rings (SSSR count). The third kappa shape index (κ3) is 4.89. The molecule has 0 bridgehead atoms. The topological polar surface area (TPSA) is 41.6 Å². The number of carbonyl (C=O) groups excluding carboxylic acids is 1. The molecule has 1 amide bonds. The number of amides is 1. The second-order valence-electron chi connectivity index (χ2n) is 6.68. The van der Waals surface area contributed by atoms with Crippen LogP contribution in [0.4, 0.5) is 0 Å². The van der Waals surface area contributed by atoms with E-state index in [0.29, 0.717) is 11.6 Å². The monoisotopic (exact) mass is 324 g/mol. The average molecular weight is 325 g/mol. The van der Waals surface area contributed by atoms with Crippen molar-refractivity contribution in [3.05, 3.63) is 29.3 Å². The summed E-state index contributed by atoms with van der Waals surface area (Å²) in [4.78, 5) is 14.8. The van der Waals surface area contributed by atoms with Crippen LogP contribution in [-0.2, 0) is 4.79 Å². The van der Waals surface area contributed by atoms with Crippen molar-refractivity contribution in [1.82, 2.24) is 10.2 Å². The molecule has 4 nitrogen and oxygen atoms in total. The number of nitrogens with zero attached hydrogens (tertiary/aromatic N) is 1. The van der Waals surface area contributed by atoms with Gasteiger partial charge in [-0.05, 0) is 71.1 Å². The fourth-order valence-electron chi connectivity index (χ4n) is 2.39. The maximum atomic E-state index is 12.5. The molecule has 0 radical (unpaired) electrons. The fraction of sp³-hybridized carbons (Fsp3) is 0.588. The lowest BCUT2D eigenvalue weighted by Gasteiger charge is -2.32. The predicted octanol–water partition coefficient (Wildman–Crippen LogP) is 2.96. The lowest BCUT2D eigenvalue weighted by Crippen LogP contribution is -2.49. The highest BCUT2D eigenvalue weighted by molar-refractivity contribution is 6.30. The van der Waals surface area contributed by atoms with Crippen LogP contribution < -0.4 is 10.1 Å². The number of ether oxygens (including phenoxy) is 1. The lowest BCUT2D eigenvalue weighted by molar-refractivity contribution is -0.131. The minimum atomic E-state index is -0.566. The van der Waals surface area contributed by atoms with Gasteiger partial charge in [0.1, 0.15) is 12.4 Å². The predicted molar refractivity (Wildman–Crippen MR) is 89.4 cm³/mol. The van der Waals surface area contributed by atoms with E-state index in [1.807, 2.05) is 26.0 Å². The second-order valence-corrected chi connectivity index (χ2v) is 7.11. The minimum absolute atomic E-state index is 0.0519. The first kappa shape index (κ1) is 17.1. The Labute approximate surface area is 137 Å². The van der Waals surface area contributed by atoms with Gasteiger partial charge in [0.25, 0.3) is 0 Å². The standard InChI is InChI=1S/C17H25ClN2O2/c1-17(2,12-22-15-6-4-13(18)5-7-15)16(21)19-14-8-10-20(3)11-9-14/h4-7,14H,8-12H2,1-3H3,(H,19,21). The Bertz CT molecular complexity index is 494. The zero-order valence-corrected chi connectivity index (χ0v) is 14.3. The van der Waals surface area contributed by atoms with E-state index < -0.39 is 5.41 Å². The highest BCUT2D eigenvalue weighted by Crippen LogP contribution is 2.21. The minimum Gasteiger partial charge on any atom is -0.492 e. The summed E-state index contributed by atoms with van der Waals surface area (Å²) < 4.78 is 5.73. The van der Waals surface area contributed by atoms with E-state index in [-0.39, 0.29) is 11.9 Å². The van der Waals surface area contributed by atoms with Gasteiger partial charge in [-0.1, -0.05) is 11.6 Å². The van der Waals surface area contributed by atoms with Crippen LogP contribution in [0.2, 0.25) is 5.02 Å². The molecule has 0 saturated carbocycles. The molecule has 0 aromatic heterocycles. The van der Waals surface area contributed by atoms with E-state index >= 15 is 0 Å². The van der Waals surface area contributed by atoms with Crippen LogP contribution in [0, 0.1) is 5.41 Å². The van der Waals surface area contributed by atoms with Crippen LogP contribution in [0.25, 0.3) is 0 Å². The van der Waals surface area contributed by atoms with Gasteiger partial charge >= 0.3 is 0 Å². The Morgan fingerprint density at radius 3 is 2.50 bits per heavy atom. The summed E-state index contributed by atoms with van der Waals surface area (Å²) in [5, 5.41) is 3.83. The maximum Gasteiger partial charge on any atom is 0.229 e. The Kier molecular flexibility index (Phi) is 5.70. The Hall–Kier alpha value is -1.26. The number of halogens is 1. The van der Waals surface area contributed by atoms with Gasteiger partial charge in [0.05, 0.1) is 5.41 Å². The zero-order chi connectivity index (χ0) is 16.2. The quantitative estimate of drug-likeness (QED) is 0.905. The second kappa shape index (κ2) is 7.34. The van der Waals surface area contributed by atoms with Crippen LogP contribution in [0.15, 0.2) is 24.3 Å². The number of rotatable bonds is 5. The summed E-state index contributed by atoms with van der Waals surface area (Å²) in [5.41, 5.74) is -0.566. The highest BCUT2D eigenvalue weighted by atomic mass is 35.5. The van der Waals surface area contributed by atoms with Gasteiger partial charge in [-0.3, -0.25) is 4.79 Å². The molecule has 1 aromatic rings. The van der Waals surface area contributed by atoms with Crippen molar-refractivity contribution in [2.75, 3.05) is 26.7 Å². The van der Waals surface area contributed by atoms with Gasteiger partial charge in [0.15, 0.2) is 0 Å². The molecule has 0 atom stereocenters. The first-order valence-electron chi connectivity index (χ1n) is 7.75. The molecule has 1 aromatic carbocycles. The van der Waals surface area contributed by atoms with Crippen LogP contribution >= 0.6 is 11.6 Å². The number of nitrogens with one attached hydrogen (secondary N) is 1. The normalized spacial score (nSPS) is 17.3. The lowest BCUT2D eigenvalue weighted by atomic mass is 9.92. The van der Waals surface area contributed by atoms with E-state index in [0.717, 1.165) is 31.7 Å². The largest absolute Gasteiger partial charge is 0.492 e. The molecule has 1 aliphatic heterocycles. The van der Waals surface area contributed by atoms with Crippen molar-refractivity contribution in [2.24, 2.45) is 5.41 Å². The molecule has 1 N–H and O–H groups in total. The van der Waals surface area contributed by atoms with Gasteiger partial charge in [-0.15, -0.1) is 0 Å². The number of carbonyl (C=O) groups is 1. The first-order chi connectivity index (χ1) is 10.4. The smallest absolute Gasteiger partial charge is 0.229 e. The molecule has 0 aliphatic carbocycles. The molecule has 0 unspecified atom stereocenters. The van der Waals surface area contributed by atoms with Gasteiger partial charge in [0.2, 0.25) is 5.91 Å². The van der Waals surface area contributed by atoms with Crippen molar-refractivity contribution in [3.63, 3.8) is 0 Å². The molecular weight excluding hydrogens is 300 g/mol. The third-order valence-corrected chi connectivity index (χ3v) is 4.33. The van der Waals surface area contributed by atoms with Crippen LogP contribution in [0.3, 0.4) is 0 Å². The van der Waals surface area contributed by atoms with Crippen molar-refractivity contribution >= 4 is 17.5 Å². The molecule has 1 fully saturated rings. The summed E-state index contributed by atoms with van der Waals surface area (Å²) in [7, 11) is 2.11. The average Bonchev–Trinajstić information content (AvgIpc) is 2.49. The van der Waals surface area contributed by atoms with Crippen molar-refractivity contribution in [3.8, 4) is 5.75 Å². The maximum absolute atomic E-state index is 12.5. The number of benzene rings is 1. The van der Waals surface area contributed by atoms with E-state index in [4.69, 9.17) is 16.3 Å². The Morgan fingerprint density at radius 1 is 1.32 bits per heavy atom. The van der Waals surface area contributed by atoms with E-state index in [1.165, 1.54) is 0 Å². The van der Waals surface area contributed by atoms with Crippen molar-refractivity contribution < 1.29 is 9.53 Å². The molecule has 5 heteroatoms. The summed E-state index contributed by atoms with van der Waals surface area (Å²) >= 11 is 5.85. The zero-order valence-electron chi connectivity index (χ0n) is 13.6. The molecule has 0 spiro atoms. The van der Waals surface area contributed by atoms with Crippen LogP contribution in [0.1, 0.15) is 26.7 Å². The molecule has 22 heavy (non-hydrogen) atoms. The van der Waals surface area contributed by atoms with Gasteiger partial charge in [0, 0.05) is 11.1 Å². The summed E-state index contributed by atoms with van der Waals surface area (Å²) in [5.74, 6) is 0.778. The molecule has 1 aliphatic rings. The van der Waals surface area contributed by atoms with E-state index in [1.54, 1.807) is 12.1 Å². The first-order valence-corrected chi connectivity index (χ1v) is 8.12. The van der Waals surface area contributed by atoms with Gasteiger partial charge < -0.3 is 15.0 Å². The number of hydrogen-bond donors (Lipinski definition) is 1. The Balaban J connectivity index is 1.83. The van der Waals surface area contributed by atoms with Gasteiger partial charge in [-0.2, -0.15) is 0 Å². The molecule has 122 valence electrons. The number of likely N-dealkylation sites (tertiary alicyclic amines) is 1. The van der Waals surface area contributed by atoms with Crippen molar-refractivity contribution in [1.29, 1.82) is 0 Å². The fourth-order valence-corrected chi connectivity index (χ4v) is 2.52. The molecular formula is C17H25ClN2O2.